The van der Waals surface area contributed by atoms with Crippen molar-refractivity contribution >= 4 is 70.0 Å². The SMILES string of the molecule is CNC(=O)NC1CCC(CCN2CCN(c3cccc(C)c3Cl)CC2)CC1.[2H]C([2H])(CC1CCC(NC(=O)NC)CC1)N1CCN(c2cccc(C)c2Cl)CC1.[2H]C([2H])(CN1CCN(c2cccc(C)c2Cl)CC1)C1CCC(NC(=O)NC)CC1. The Morgan fingerprint density at radius 2 is 0.741 bits per heavy atom. The van der Waals surface area contributed by atoms with E-state index in [2.05, 4.69) is 87.6 Å². The highest BCUT2D eigenvalue weighted by Crippen LogP contribution is 2.34. The lowest BCUT2D eigenvalue weighted by Crippen LogP contribution is -2.47. The smallest absolute Gasteiger partial charge is 0.314 e. The van der Waals surface area contributed by atoms with Crippen molar-refractivity contribution in [2.24, 2.45) is 17.8 Å². The van der Waals surface area contributed by atoms with Crippen LogP contribution in [0.5, 0.6) is 0 Å². The molecule has 18 heteroatoms. The van der Waals surface area contributed by atoms with Gasteiger partial charge in [-0.2, -0.15) is 0 Å². The van der Waals surface area contributed by atoms with Crippen LogP contribution in [0.3, 0.4) is 0 Å². The lowest BCUT2D eigenvalue weighted by Gasteiger charge is -2.37. The van der Waals surface area contributed by atoms with Gasteiger partial charge in [0.25, 0.3) is 0 Å². The number of benzene rings is 3. The quantitative estimate of drug-likeness (QED) is 0.0877. The van der Waals surface area contributed by atoms with E-state index in [9.17, 15) is 14.4 Å². The number of piperazine rings is 3. The van der Waals surface area contributed by atoms with E-state index in [4.69, 9.17) is 40.3 Å². The van der Waals surface area contributed by atoms with Crippen molar-refractivity contribution in [1.29, 1.82) is 0 Å². The number of rotatable bonds is 15. The molecule has 81 heavy (non-hydrogen) atoms. The molecule has 6 N–H and O–H groups in total. The molecule has 6 fully saturated rings. The summed E-state index contributed by atoms with van der Waals surface area (Å²) in [6.07, 6.45) is 12.4. The Morgan fingerprint density at radius 3 is 1.09 bits per heavy atom. The van der Waals surface area contributed by atoms with Crippen molar-refractivity contribution in [1.82, 2.24) is 46.6 Å². The molecule has 3 aliphatic carbocycles. The van der Waals surface area contributed by atoms with Crippen molar-refractivity contribution in [3.63, 3.8) is 0 Å². The van der Waals surface area contributed by atoms with Crippen LogP contribution in [0.2, 0.25) is 15.1 Å². The molecule has 3 aromatic rings. The van der Waals surface area contributed by atoms with Gasteiger partial charge in [0.1, 0.15) is 0 Å². The number of aryl methyl sites for hydroxylation is 3. The van der Waals surface area contributed by atoms with Crippen LogP contribution >= 0.6 is 34.8 Å². The standard InChI is InChI=1S/3C21H33ClN4O/c3*1-16-4-3-5-19(20(16)22)26-14-12-25(13-15-26)11-10-17-6-8-18(9-7-17)24-21(27)23-2/h3*3-5,17-18H,6-15H2,1-2H3,(H2,23,24,27)/i11D2;10D2;. The van der Waals surface area contributed by atoms with Gasteiger partial charge in [-0.05, 0) is 189 Å². The number of carbonyl (C=O) groups excluding carboxylic acids is 3. The molecule has 0 spiro atoms. The summed E-state index contributed by atoms with van der Waals surface area (Å²) in [5.41, 5.74) is 6.62. The third-order valence-electron chi connectivity index (χ3n) is 17.7. The minimum atomic E-state index is -1.30. The van der Waals surface area contributed by atoms with E-state index < -0.39 is 12.9 Å². The second-order valence-electron chi connectivity index (χ2n) is 23.3. The molecule has 15 nitrogen and oxygen atoms in total. The summed E-state index contributed by atoms with van der Waals surface area (Å²) in [5, 5.41) is 19.3. The van der Waals surface area contributed by atoms with E-state index in [0.29, 0.717) is 38.0 Å². The van der Waals surface area contributed by atoms with Crippen molar-refractivity contribution in [3.05, 3.63) is 86.4 Å². The summed E-state index contributed by atoms with van der Waals surface area (Å²) < 4.78 is 34.7. The van der Waals surface area contributed by atoms with Gasteiger partial charge in [0, 0.05) is 123 Å². The Morgan fingerprint density at radius 1 is 0.432 bits per heavy atom. The lowest BCUT2D eigenvalue weighted by atomic mass is 9.84. The van der Waals surface area contributed by atoms with Crippen LogP contribution in [0.4, 0.5) is 31.4 Å². The maximum absolute atomic E-state index is 11.5. The first kappa shape index (κ1) is 58.4. The van der Waals surface area contributed by atoms with Gasteiger partial charge in [-0.15, -0.1) is 0 Å². The van der Waals surface area contributed by atoms with E-state index in [0.717, 1.165) is 179 Å². The van der Waals surface area contributed by atoms with Crippen LogP contribution in [0.1, 0.15) is 118 Å². The predicted molar refractivity (Wildman–Crippen MR) is 338 cm³/mol. The van der Waals surface area contributed by atoms with E-state index in [1.807, 2.05) is 49.1 Å². The van der Waals surface area contributed by atoms with Crippen LogP contribution in [-0.4, -0.2) is 170 Å². The molecule has 6 aliphatic rings. The molecule has 450 valence electrons. The number of nitrogens with one attached hydrogen (secondary N) is 6. The molecular weight excluding hydrogens is 1080 g/mol. The Bertz CT molecular complexity index is 2580. The normalized spacial score (nSPS) is 25.0. The Hall–Kier alpha value is -4.38. The topological polar surface area (TPSA) is 143 Å². The highest BCUT2D eigenvalue weighted by atomic mass is 35.5. The van der Waals surface area contributed by atoms with Crippen LogP contribution in [0.15, 0.2) is 54.6 Å². The predicted octanol–water partition coefficient (Wildman–Crippen LogP) is 10.9. The van der Waals surface area contributed by atoms with E-state index >= 15 is 0 Å². The fraction of sp³-hybridized carbons (Fsp3) is 0.667. The van der Waals surface area contributed by atoms with Crippen LogP contribution < -0.4 is 46.6 Å². The Kier molecular flexibility index (Phi) is 23.9. The largest absolute Gasteiger partial charge is 0.368 e. The monoisotopic (exact) mass is 1180 g/mol. The number of amides is 6. The molecule has 6 amide bonds. The van der Waals surface area contributed by atoms with Gasteiger partial charge in [0.15, 0.2) is 0 Å². The molecule has 0 atom stereocenters. The summed E-state index contributed by atoms with van der Waals surface area (Å²) in [4.78, 5) is 48.2. The van der Waals surface area contributed by atoms with Gasteiger partial charge in [0.05, 0.1) is 32.1 Å². The minimum Gasteiger partial charge on any atom is -0.368 e. The van der Waals surface area contributed by atoms with Gasteiger partial charge in [-0.3, -0.25) is 14.7 Å². The second-order valence-corrected chi connectivity index (χ2v) is 24.4. The maximum atomic E-state index is 11.5. The molecule has 3 aliphatic heterocycles. The second kappa shape index (κ2) is 33.2. The Labute approximate surface area is 507 Å². The lowest BCUT2D eigenvalue weighted by molar-refractivity contribution is 0.205. The summed E-state index contributed by atoms with van der Waals surface area (Å²) in [5.74, 6) is 1.23. The highest BCUT2D eigenvalue weighted by Gasteiger charge is 2.28. The van der Waals surface area contributed by atoms with Gasteiger partial charge in [0.2, 0.25) is 0 Å². The molecule has 0 radical (unpaired) electrons. The summed E-state index contributed by atoms with van der Waals surface area (Å²) in [6.45, 7) is 17.2. The Balaban J connectivity index is 0.000000183. The van der Waals surface area contributed by atoms with Crippen molar-refractivity contribution < 1.29 is 19.9 Å². The number of halogens is 3. The van der Waals surface area contributed by atoms with Crippen molar-refractivity contribution in [2.75, 3.05) is 134 Å². The third kappa shape index (κ3) is 20.1. The number of hydrogen-bond acceptors (Lipinski definition) is 9. The van der Waals surface area contributed by atoms with Gasteiger partial charge in [-0.1, -0.05) is 71.2 Å². The molecule has 0 aromatic heterocycles. The number of carbonyl (C=O) groups is 3. The van der Waals surface area contributed by atoms with E-state index in [1.54, 1.807) is 21.1 Å². The fourth-order valence-corrected chi connectivity index (χ4v) is 13.0. The first-order valence-electron chi connectivity index (χ1n) is 32.3. The zero-order chi connectivity index (χ0) is 61.3. The molecular formula is C63H99Cl3N12O3. The number of hydrogen-bond donors (Lipinski definition) is 6. The number of anilines is 3. The molecule has 3 saturated carbocycles. The molecule has 3 heterocycles. The number of urea groups is 3. The average molecular weight is 1180 g/mol. The van der Waals surface area contributed by atoms with Crippen molar-refractivity contribution in [3.8, 4) is 0 Å². The van der Waals surface area contributed by atoms with Crippen LogP contribution in [0.25, 0.3) is 0 Å². The van der Waals surface area contributed by atoms with Gasteiger partial charge >= 0.3 is 18.1 Å². The molecule has 0 unspecified atom stereocenters. The van der Waals surface area contributed by atoms with Crippen LogP contribution in [-0.2, 0) is 0 Å². The summed E-state index contributed by atoms with van der Waals surface area (Å²) in [7, 11) is 4.92. The van der Waals surface area contributed by atoms with Gasteiger partial charge in [-0.25, -0.2) is 14.4 Å². The van der Waals surface area contributed by atoms with E-state index in [1.165, 1.54) is 31.5 Å². The van der Waals surface area contributed by atoms with E-state index in [-0.39, 0.29) is 36.1 Å². The first-order chi connectivity index (χ1) is 40.7. The number of nitrogens with zero attached hydrogens (tertiary/aromatic N) is 6. The maximum Gasteiger partial charge on any atom is 0.314 e. The zero-order valence-corrected chi connectivity index (χ0v) is 51.8. The minimum absolute atomic E-state index is 0.0504. The molecule has 0 bridgehead atoms. The highest BCUT2D eigenvalue weighted by molar-refractivity contribution is 6.34. The zero-order valence-electron chi connectivity index (χ0n) is 53.5. The fourth-order valence-electron chi connectivity index (χ4n) is 12.3. The van der Waals surface area contributed by atoms with Crippen molar-refractivity contribution in [2.45, 2.75) is 135 Å². The molecule has 9 rings (SSSR count). The molecule has 3 aromatic carbocycles. The van der Waals surface area contributed by atoms with Crippen LogP contribution in [0, 0.1) is 38.5 Å². The molecule has 3 saturated heterocycles. The average Bonchev–Trinajstić information content (AvgIpc) is 3.66. The summed E-state index contributed by atoms with van der Waals surface area (Å²) in [6, 6.07) is 18.9. The first-order valence-corrected chi connectivity index (χ1v) is 31.4. The third-order valence-corrected chi connectivity index (χ3v) is 19.2. The summed E-state index contributed by atoms with van der Waals surface area (Å²) >= 11 is 19.4. The van der Waals surface area contributed by atoms with Gasteiger partial charge < -0.3 is 46.6 Å².